The van der Waals surface area contributed by atoms with E-state index in [4.69, 9.17) is 0 Å². The van der Waals surface area contributed by atoms with Gasteiger partial charge < -0.3 is 5.11 Å². The van der Waals surface area contributed by atoms with Gasteiger partial charge in [-0.1, -0.05) is 73.0 Å². The van der Waals surface area contributed by atoms with E-state index in [2.05, 4.69) is 54.5 Å². The maximum absolute atomic E-state index is 10.5. The largest absolute Gasteiger partial charge is 0.393 e. The molecule has 3 saturated carbocycles. The van der Waals surface area contributed by atoms with Gasteiger partial charge in [0.25, 0.3) is 0 Å². The molecule has 0 aromatic carbocycles. The van der Waals surface area contributed by atoms with Crippen LogP contribution in [0.2, 0.25) is 0 Å². The van der Waals surface area contributed by atoms with Crippen molar-refractivity contribution in [2.75, 3.05) is 0 Å². The third kappa shape index (κ3) is 3.54. The number of aliphatic hydroxyl groups is 1. The van der Waals surface area contributed by atoms with Gasteiger partial charge in [-0.05, 0) is 103 Å². The molecule has 4 aliphatic rings. The smallest absolute Gasteiger partial charge is 0.0568 e. The Morgan fingerprint density at radius 1 is 0.933 bits per heavy atom. The molecule has 0 aromatic heterocycles. The Bertz CT molecular complexity index is 649. The minimum atomic E-state index is -0.0724. The second kappa shape index (κ2) is 8.24. The van der Waals surface area contributed by atoms with E-state index in [0.29, 0.717) is 22.7 Å². The summed E-state index contributed by atoms with van der Waals surface area (Å²) in [5.74, 6) is 6.25. The van der Waals surface area contributed by atoms with Gasteiger partial charge in [0.05, 0.1) is 6.10 Å². The summed E-state index contributed by atoms with van der Waals surface area (Å²) >= 11 is 0. The summed E-state index contributed by atoms with van der Waals surface area (Å²) in [6, 6.07) is 0. The highest BCUT2D eigenvalue weighted by Gasteiger charge is 2.59. The molecule has 1 N–H and O–H groups in total. The van der Waals surface area contributed by atoms with E-state index < -0.39 is 0 Å². The zero-order chi connectivity index (χ0) is 21.8. The number of hydrogen-bond acceptors (Lipinski definition) is 1. The molecule has 172 valence electrons. The lowest BCUT2D eigenvalue weighted by molar-refractivity contribution is -0.0774. The fraction of sp³-hybridized carbons (Fsp3) is 0.931. The zero-order valence-electron chi connectivity index (χ0n) is 21.1. The van der Waals surface area contributed by atoms with Crippen molar-refractivity contribution in [2.24, 2.45) is 58.2 Å². The van der Waals surface area contributed by atoms with Crippen molar-refractivity contribution in [3.05, 3.63) is 11.6 Å². The Labute approximate surface area is 187 Å². The van der Waals surface area contributed by atoms with Crippen LogP contribution in [-0.2, 0) is 0 Å². The molecule has 0 saturated heterocycles. The number of aliphatic hydroxyl groups excluding tert-OH is 1. The Kier molecular flexibility index (Phi) is 6.28. The first-order chi connectivity index (χ1) is 14.1. The van der Waals surface area contributed by atoms with E-state index in [9.17, 15) is 5.11 Å². The monoisotopic (exact) mass is 414 g/mol. The van der Waals surface area contributed by atoms with E-state index in [-0.39, 0.29) is 6.10 Å². The highest BCUT2D eigenvalue weighted by molar-refractivity contribution is 5.28. The minimum absolute atomic E-state index is 0.0724. The third-order valence-electron chi connectivity index (χ3n) is 11.6. The van der Waals surface area contributed by atoms with Gasteiger partial charge in [0, 0.05) is 0 Å². The van der Waals surface area contributed by atoms with Crippen LogP contribution in [0.4, 0.5) is 0 Å². The number of rotatable bonds is 5. The molecule has 0 aromatic rings. The third-order valence-corrected chi connectivity index (χ3v) is 11.6. The topological polar surface area (TPSA) is 20.2 Å². The van der Waals surface area contributed by atoms with Gasteiger partial charge in [0.15, 0.2) is 0 Å². The van der Waals surface area contributed by atoms with Crippen molar-refractivity contribution in [3.8, 4) is 0 Å². The summed E-state index contributed by atoms with van der Waals surface area (Å²) in [6.45, 7) is 17.4. The van der Waals surface area contributed by atoms with Gasteiger partial charge in [-0.3, -0.25) is 0 Å². The van der Waals surface area contributed by atoms with Gasteiger partial charge >= 0.3 is 0 Å². The molecule has 4 aliphatic carbocycles. The molecule has 0 unspecified atom stereocenters. The fourth-order valence-electron chi connectivity index (χ4n) is 8.98. The second-order valence-corrected chi connectivity index (χ2v) is 13.1. The Balaban J connectivity index is 1.51. The van der Waals surface area contributed by atoms with E-state index >= 15 is 0 Å². The molecular weight excluding hydrogens is 364 g/mol. The Hall–Kier alpha value is -0.300. The average Bonchev–Trinajstić information content (AvgIpc) is 3.06. The Morgan fingerprint density at radius 2 is 1.60 bits per heavy atom. The minimum Gasteiger partial charge on any atom is -0.393 e. The maximum atomic E-state index is 10.5. The van der Waals surface area contributed by atoms with Crippen LogP contribution in [0.15, 0.2) is 11.6 Å². The van der Waals surface area contributed by atoms with Crippen LogP contribution in [0.5, 0.6) is 0 Å². The molecule has 3 fully saturated rings. The lowest BCUT2D eigenvalue weighted by Gasteiger charge is -2.59. The summed E-state index contributed by atoms with van der Waals surface area (Å²) in [5, 5.41) is 10.5. The van der Waals surface area contributed by atoms with E-state index in [1.807, 2.05) is 5.57 Å². The molecule has 1 heteroatoms. The van der Waals surface area contributed by atoms with Crippen LogP contribution < -0.4 is 0 Å². The molecule has 0 heterocycles. The first-order valence-corrected chi connectivity index (χ1v) is 13.5. The predicted molar refractivity (Wildman–Crippen MR) is 128 cm³/mol. The van der Waals surface area contributed by atoms with Crippen LogP contribution in [-0.4, -0.2) is 11.2 Å². The van der Waals surface area contributed by atoms with Gasteiger partial charge in [-0.2, -0.15) is 0 Å². The molecule has 4 rings (SSSR count). The number of fused-ring (bicyclic) bond motifs is 5. The molecular formula is C29H50O. The van der Waals surface area contributed by atoms with Crippen molar-refractivity contribution < 1.29 is 5.11 Å². The van der Waals surface area contributed by atoms with Crippen molar-refractivity contribution in [2.45, 2.75) is 112 Å². The highest BCUT2D eigenvalue weighted by atomic mass is 16.3. The normalized spacial score (nSPS) is 47.8. The first-order valence-electron chi connectivity index (χ1n) is 13.5. The van der Waals surface area contributed by atoms with Gasteiger partial charge in [0.1, 0.15) is 0 Å². The van der Waals surface area contributed by atoms with Gasteiger partial charge in [0.2, 0.25) is 0 Å². The molecule has 0 aliphatic heterocycles. The van der Waals surface area contributed by atoms with E-state index in [1.54, 1.807) is 0 Å². The molecule has 0 bridgehead atoms. The summed E-state index contributed by atoms with van der Waals surface area (Å²) in [4.78, 5) is 0. The summed E-state index contributed by atoms with van der Waals surface area (Å²) < 4.78 is 0. The van der Waals surface area contributed by atoms with Crippen LogP contribution in [0.3, 0.4) is 0 Å². The quantitative estimate of drug-likeness (QED) is 0.454. The van der Waals surface area contributed by atoms with Crippen molar-refractivity contribution in [1.29, 1.82) is 0 Å². The molecule has 0 amide bonds. The lowest BCUT2D eigenvalue weighted by atomic mass is 9.46. The number of allylic oxidation sites excluding steroid dienone is 2. The second-order valence-electron chi connectivity index (χ2n) is 13.1. The zero-order valence-corrected chi connectivity index (χ0v) is 21.1. The van der Waals surface area contributed by atoms with Gasteiger partial charge in [-0.25, -0.2) is 0 Å². The Morgan fingerprint density at radius 3 is 2.30 bits per heavy atom. The van der Waals surface area contributed by atoms with Gasteiger partial charge in [-0.15, -0.1) is 0 Å². The molecule has 10 atom stereocenters. The predicted octanol–water partition coefficient (Wildman–Crippen LogP) is 7.88. The SMILES string of the molecule is CC(C)[C@@H](C)CC[C@@H](C)[C@H]1CC[C@H]2C3=CC[C@H]4[C@H](C)[C@@H](O)CC[C@]4(C)[C@H]3CC[C@]12C. The van der Waals surface area contributed by atoms with Crippen LogP contribution in [0, 0.1) is 58.2 Å². The summed E-state index contributed by atoms with van der Waals surface area (Å²) in [6.07, 6.45) is 14.7. The van der Waals surface area contributed by atoms with Crippen LogP contribution in [0.1, 0.15) is 106 Å². The molecule has 30 heavy (non-hydrogen) atoms. The highest BCUT2D eigenvalue weighted by Crippen LogP contribution is 2.67. The standard InChI is InChI=1S/C29H50O/c1-18(2)19(3)8-9-20(4)23-12-13-25-22-10-11-24-21(5)27(30)15-17-29(24,7)26(22)14-16-28(23,25)6/h10,18-21,23-27,30H,8-9,11-17H2,1-7H3/t19-,20+,21-,23+,24-,25-,26-,27-,28+,29-/m0/s1. The summed E-state index contributed by atoms with van der Waals surface area (Å²) in [5.41, 5.74) is 2.84. The molecule has 0 radical (unpaired) electrons. The number of hydrogen-bond donors (Lipinski definition) is 1. The molecule has 1 nitrogen and oxygen atoms in total. The van der Waals surface area contributed by atoms with Crippen LogP contribution in [0.25, 0.3) is 0 Å². The van der Waals surface area contributed by atoms with Crippen molar-refractivity contribution >= 4 is 0 Å². The van der Waals surface area contributed by atoms with Crippen molar-refractivity contribution in [1.82, 2.24) is 0 Å². The average molecular weight is 415 g/mol. The van der Waals surface area contributed by atoms with E-state index in [1.165, 1.54) is 51.4 Å². The first kappa shape index (κ1) is 22.9. The molecule has 0 spiro atoms. The van der Waals surface area contributed by atoms with Crippen molar-refractivity contribution in [3.63, 3.8) is 0 Å². The maximum Gasteiger partial charge on any atom is 0.0568 e. The fourth-order valence-corrected chi connectivity index (χ4v) is 8.98. The lowest BCUT2D eigenvalue weighted by Crippen LogP contribution is -2.52. The van der Waals surface area contributed by atoms with Crippen LogP contribution >= 0.6 is 0 Å². The summed E-state index contributed by atoms with van der Waals surface area (Å²) in [7, 11) is 0. The van der Waals surface area contributed by atoms with E-state index in [0.717, 1.165) is 41.9 Å².